The third-order valence-corrected chi connectivity index (χ3v) is 2.73. The fraction of sp³-hybridized carbons (Fsp3) is 0.636. The smallest absolute Gasteiger partial charge is 0.108 e. The quantitative estimate of drug-likeness (QED) is 0.753. The van der Waals surface area contributed by atoms with E-state index in [2.05, 4.69) is 24.4 Å². The van der Waals surface area contributed by atoms with Crippen LogP contribution in [0.5, 0.6) is 0 Å². The van der Waals surface area contributed by atoms with Crippen molar-refractivity contribution in [1.29, 1.82) is 0 Å². The molecule has 13 heavy (non-hydrogen) atoms. The molecule has 0 aliphatic carbocycles. The van der Waals surface area contributed by atoms with E-state index in [0.717, 1.165) is 25.3 Å². The van der Waals surface area contributed by atoms with Crippen LogP contribution in [0.4, 0.5) is 0 Å². The maximum Gasteiger partial charge on any atom is 0.108 e. The normalized spacial score (nSPS) is 23.3. The first-order chi connectivity index (χ1) is 6.40. The van der Waals surface area contributed by atoms with Crippen LogP contribution in [0.2, 0.25) is 0 Å². The Morgan fingerprint density at radius 1 is 1.54 bits per heavy atom. The third kappa shape index (κ3) is 1.94. The van der Waals surface area contributed by atoms with Crippen LogP contribution in [0.3, 0.4) is 0 Å². The summed E-state index contributed by atoms with van der Waals surface area (Å²) in [6.07, 6.45) is 3.54. The molecule has 0 bridgehead atoms. The zero-order valence-electron chi connectivity index (χ0n) is 8.18. The highest BCUT2D eigenvalue weighted by Gasteiger charge is 2.17. The number of hydrogen-bond acceptors (Lipinski definition) is 2. The van der Waals surface area contributed by atoms with Crippen molar-refractivity contribution in [2.45, 2.75) is 32.1 Å². The van der Waals surface area contributed by atoms with Crippen molar-refractivity contribution in [3.05, 3.63) is 23.7 Å². The summed E-state index contributed by atoms with van der Waals surface area (Å²) in [5.74, 6) is 2.89. The van der Waals surface area contributed by atoms with Crippen molar-refractivity contribution in [2.24, 2.45) is 0 Å². The summed E-state index contributed by atoms with van der Waals surface area (Å²) < 4.78 is 5.73. The van der Waals surface area contributed by atoms with Crippen molar-refractivity contribution in [1.82, 2.24) is 5.32 Å². The Morgan fingerprint density at radius 2 is 2.46 bits per heavy atom. The van der Waals surface area contributed by atoms with Crippen molar-refractivity contribution in [2.75, 3.05) is 13.1 Å². The largest absolute Gasteiger partial charge is 0.466 e. The molecule has 0 amide bonds. The van der Waals surface area contributed by atoms with Gasteiger partial charge in [0.2, 0.25) is 0 Å². The van der Waals surface area contributed by atoms with Crippen molar-refractivity contribution in [3.63, 3.8) is 0 Å². The highest BCUT2D eigenvalue weighted by molar-refractivity contribution is 5.12. The van der Waals surface area contributed by atoms with Gasteiger partial charge in [0.15, 0.2) is 0 Å². The Morgan fingerprint density at radius 3 is 3.08 bits per heavy atom. The Bertz CT molecular complexity index is 261. The van der Waals surface area contributed by atoms with E-state index in [1.165, 1.54) is 18.6 Å². The summed E-state index contributed by atoms with van der Waals surface area (Å²) in [5.41, 5.74) is 0. The van der Waals surface area contributed by atoms with Crippen LogP contribution >= 0.6 is 0 Å². The van der Waals surface area contributed by atoms with Crippen molar-refractivity contribution >= 4 is 0 Å². The third-order valence-electron chi connectivity index (χ3n) is 2.73. The zero-order valence-corrected chi connectivity index (χ0v) is 8.18. The monoisotopic (exact) mass is 179 g/mol. The molecule has 2 heteroatoms. The van der Waals surface area contributed by atoms with Gasteiger partial charge in [-0.1, -0.05) is 6.92 Å². The minimum atomic E-state index is 0.606. The van der Waals surface area contributed by atoms with Gasteiger partial charge in [-0.05, 0) is 31.5 Å². The lowest BCUT2D eigenvalue weighted by atomic mass is 9.97. The molecule has 2 nitrogen and oxygen atoms in total. The molecular weight excluding hydrogens is 162 g/mol. The van der Waals surface area contributed by atoms with E-state index in [-0.39, 0.29) is 0 Å². The molecule has 0 unspecified atom stereocenters. The number of aryl methyl sites for hydroxylation is 1. The topological polar surface area (TPSA) is 25.2 Å². The van der Waals surface area contributed by atoms with E-state index in [1.54, 1.807) is 0 Å². The van der Waals surface area contributed by atoms with Gasteiger partial charge in [0, 0.05) is 18.9 Å². The first kappa shape index (κ1) is 8.82. The standard InChI is InChI=1S/C11H17NO/c1-2-10-5-6-11(13-10)9-4-3-7-12-8-9/h5-6,9,12H,2-4,7-8H2,1H3/t9-/m0/s1. The lowest BCUT2D eigenvalue weighted by molar-refractivity contribution is 0.375. The van der Waals surface area contributed by atoms with Crippen molar-refractivity contribution in [3.8, 4) is 0 Å². The lowest BCUT2D eigenvalue weighted by Gasteiger charge is -2.20. The maximum atomic E-state index is 5.73. The number of piperidine rings is 1. The Labute approximate surface area is 79.3 Å². The van der Waals surface area contributed by atoms with Crippen molar-refractivity contribution < 1.29 is 4.42 Å². The van der Waals surface area contributed by atoms with Gasteiger partial charge >= 0.3 is 0 Å². The Balaban J connectivity index is 2.05. The summed E-state index contributed by atoms with van der Waals surface area (Å²) in [7, 11) is 0. The van der Waals surface area contributed by atoms with Gasteiger partial charge in [-0.15, -0.1) is 0 Å². The van der Waals surface area contributed by atoms with Crippen LogP contribution in [-0.4, -0.2) is 13.1 Å². The second kappa shape index (κ2) is 3.97. The summed E-state index contributed by atoms with van der Waals surface area (Å²) >= 11 is 0. The molecular formula is C11H17NO. The molecule has 1 N–H and O–H groups in total. The van der Waals surface area contributed by atoms with Crippen LogP contribution < -0.4 is 5.32 Å². The van der Waals surface area contributed by atoms with Crippen LogP contribution in [0, 0.1) is 0 Å². The van der Waals surface area contributed by atoms with Gasteiger partial charge in [-0.3, -0.25) is 0 Å². The van der Waals surface area contributed by atoms with E-state index in [0.29, 0.717) is 5.92 Å². The molecule has 0 aromatic carbocycles. The molecule has 1 aliphatic heterocycles. The first-order valence-electron chi connectivity index (χ1n) is 5.19. The predicted molar refractivity (Wildman–Crippen MR) is 52.9 cm³/mol. The van der Waals surface area contributed by atoms with Gasteiger partial charge in [-0.2, -0.15) is 0 Å². The van der Waals surface area contributed by atoms with Gasteiger partial charge in [0.25, 0.3) is 0 Å². The molecule has 1 saturated heterocycles. The predicted octanol–water partition coefficient (Wildman–Crippen LogP) is 2.31. The highest BCUT2D eigenvalue weighted by atomic mass is 16.3. The average molecular weight is 179 g/mol. The molecule has 0 saturated carbocycles. The van der Waals surface area contributed by atoms with Gasteiger partial charge in [0.1, 0.15) is 11.5 Å². The highest BCUT2D eigenvalue weighted by Crippen LogP contribution is 2.24. The summed E-state index contributed by atoms with van der Waals surface area (Å²) in [5, 5.41) is 3.40. The van der Waals surface area contributed by atoms with Crippen LogP contribution in [0.1, 0.15) is 37.2 Å². The molecule has 72 valence electrons. The summed E-state index contributed by atoms with van der Waals surface area (Å²) in [6.45, 7) is 4.37. The molecule has 1 aromatic heterocycles. The van der Waals surface area contributed by atoms with E-state index in [1.807, 2.05) is 0 Å². The molecule has 2 heterocycles. The molecule has 1 atom stereocenters. The van der Waals surface area contributed by atoms with E-state index in [9.17, 15) is 0 Å². The minimum Gasteiger partial charge on any atom is -0.466 e. The van der Waals surface area contributed by atoms with Gasteiger partial charge in [-0.25, -0.2) is 0 Å². The van der Waals surface area contributed by atoms with Gasteiger partial charge < -0.3 is 9.73 Å². The van der Waals surface area contributed by atoms with Gasteiger partial charge in [0.05, 0.1) is 0 Å². The fourth-order valence-electron chi connectivity index (χ4n) is 1.90. The zero-order chi connectivity index (χ0) is 9.10. The summed E-state index contributed by atoms with van der Waals surface area (Å²) in [6, 6.07) is 4.24. The Hall–Kier alpha value is -0.760. The number of rotatable bonds is 2. The second-order valence-corrected chi connectivity index (χ2v) is 3.70. The fourth-order valence-corrected chi connectivity index (χ4v) is 1.90. The molecule has 0 radical (unpaired) electrons. The van der Waals surface area contributed by atoms with Crippen LogP contribution in [0.25, 0.3) is 0 Å². The number of furan rings is 1. The Kier molecular flexibility index (Phi) is 2.69. The summed E-state index contributed by atoms with van der Waals surface area (Å²) in [4.78, 5) is 0. The molecule has 1 aromatic rings. The lowest BCUT2D eigenvalue weighted by Crippen LogP contribution is -2.28. The van der Waals surface area contributed by atoms with E-state index in [4.69, 9.17) is 4.42 Å². The SMILES string of the molecule is CCc1ccc([C@H]2CCCNC2)o1. The minimum absolute atomic E-state index is 0.606. The maximum absolute atomic E-state index is 5.73. The average Bonchev–Trinajstić information content (AvgIpc) is 2.67. The molecule has 1 aliphatic rings. The number of nitrogens with one attached hydrogen (secondary N) is 1. The molecule has 1 fully saturated rings. The first-order valence-corrected chi connectivity index (χ1v) is 5.19. The van der Waals surface area contributed by atoms with Crippen LogP contribution in [0.15, 0.2) is 16.5 Å². The van der Waals surface area contributed by atoms with E-state index < -0.39 is 0 Å². The second-order valence-electron chi connectivity index (χ2n) is 3.70. The molecule has 2 rings (SSSR count). The van der Waals surface area contributed by atoms with E-state index >= 15 is 0 Å². The number of hydrogen-bond donors (Lipinski definition) is 1. The van der Waals surface area contributed by atoms with Crippen LogP contribution in [-0.2, 0) is 6.42 Å². The molecule has 0 spiro atoms.